The van der Waals surface area contributed by atoms with Crippen LogP contribution < -0.4 is 10.6 Å². The van der Waals surface area contributed by atoms with Gasteiger partial charge in [-0.2, -0.15) is 0 Å². The van der Waals surface area contributed by atoms with Gasteiger partial charge in [0.1, 0.15) is 11.3 Å². The van der Waals surface area contributed by atoms with E-state index in [9.17, 15) is 14.4 Å². The van der Waals surface area contributed by atoms with Crippen molar-refractivity contribution in [2.75, 3.05) is 17.2 Å². The van der Waals surface area contributed by atoms with Gasteiger partial charge in [0.25, 0.3) is 5.91 Å². The Hall–Kier alpha value is -3.16. The first-order chi connectivity index (χ1) is 11.9. The largest absolute Gasteiger partial charge is 0.452 e. The molecule has 0 unspecified atom stereocenters. The lowest BCUT2D eigenvalue weighted by Gasteiger charge is -2.08. The van der Waals surface area contributed by atoms with Crippen molar-refractivity contribution in [2.24, 2.45) is 0 Å². The van der Waals surface area contributed by atoms with Gasteiger partial charge in [0, 0.05) is 18.3 Å². The van der Waals surface area contributed by atoms with Crippen LogP contribution >= 0.6 is 0 Å². The number of ether oxygens (including phenoxy) is 1. The summed E-state index contributed by atoms with van der Waals surface area (Å²) in [5, 5.41) is 8.98. The van der Waals surface area contributed by atoms with Crippen LogP contribution in [0.25, 0.3) is 0 Å². The molecule has 0 saturated carbocycles. The zero-order valence-corrected chi connectivity index (χ0v) is 14.2. The predicted molar refractivity (Wildman–Crippen MR) is 90.3 cm³/mol. The first-order valence-electron chi connectivity index (χ1n) is 7.70. The Morgan fingerprint density at radius 2 is 1.88 bits per heavy atom. The Balaban J connectivity index is 1.93. The van der Waals surface area contributed by atoms with E-state index in [2.05, 4.69) is 15.8 Å². The average molecular weight is 345 g/mol. The Morgan fingerprint density at radius 1 is 1.20 bits per heavy atom. The van der Waals surface area contributed by atoms with E-state index in [0.29, 0.717) is 29.2 Å². The van der Waals surface area contributed by atoms with Crippen LogP contribution in [-0.2, 0) is 20.7 Å². The van der Waals surface area contributed by atoms with Gasteiger partial charge >= 0.3 is 5.97 Å². The molecule has 0 bridgehead atoms. The summed E-state index contributed by atoms with van der Waals surface area (Å²) in [4.78, 5) is 35.1. The van der Waals surface area contributed by atoms with Gasteiger partial charge in [0.15, 0.2) is 6.61 Å². The second kappa shape index (κ2) is 8.09. The van der Waals surface area contributed by atoms with Crippen LogP contribution in [0.5, 0.6) is 0 Å². The van der Waals surface area contributed by atoms with E-state index in [1.807, 2.05) is 6.92 Å². The molecule has 2 N–H and O–H groups in total. The van der Waals surface area contributed by atoms with Gasteiger partial charge in [0.2, 0.25) is 5.91 Å². The van der Waals surface area contributed by atoms with Crippen LogP contribution in [0.15, 0.2) is 28.8 Å². The van der Waals surface area contributed by atoms with Crippen molar-refractivity contribution in [1.29, 1.82) is 0 Å². The van der Waals surface area contributed by atoms with Gasteiger partial charge < -0.3 is 19.9 Å². The summed E-state index contributed by atoms with van der Waals surface area (Å²) in [6.07, 6.45) is 0.518. The number of carbonyl (C=O) groups is 3. The predicted octanol–water partition coefficient (Wildman–Crippen LogP) is 2.30. The number of carbonyl (C=O) groups excluding carboxylic acids is 3. The smallest absolute Gasteiger partial charge is 0.344 e. The summed E-state index contributed by atoms with van der Waals surface area (Å²) in [5.41, 5.74) is 1.77. The second-order valence-corrected chi connectivity index (χ2v) is 5.30. The molecule has 0 atom stereocenters. The quantitative estimate of drug-likeness (QED) is 0.777. The highest BCUT2D eigenvalue weighted by Crippen LogP contribution is 2.16. The SMILES string of the molecule is CCc1noc(C)c1C(=O)OCC(=O)Nc1cccc(NC(C)=O)c1. The van der Waals surface area contributed by atoms with Crippen molar-refractivity contribution in [3.8, 4) is 0 Å². The number of hydrogen-bond acceptors (Lipinski definition) is 6. The normalized spacial score (nSPS) is 10.2. The van der Waals surface area contributed by atoms with Gasteiger partial charge in [-0.05, 0) is 31.5 Å². The summed E-state index contributed by atoms with van der Waals surface area (Å²) in [6.45, 7) is 4.39. The molecule has 2 rings (SSSR count). The van der Waals surface area contributed by atoms with Crippen molar-refractivity contribution in [3.63, 3.8) is 0 Å². The summed E-state index contributed by atoms with van der Waals surface area (Å²) in [7, 11) is 0. The molecule has 8 heteroatoms. The first kappa shape index (κ1) is 18.2. The van der Waals surface area contributed by atoms with Crippen LogP contribution in [0.1, 0.15) is 35.7 Å². The van der Waals surface area contributed by atoms with E-state index in [1.54, 1.807) is 31.2 Å². The van der Waals surface area contributed by atoms with E-state index in [-0.39, 0.29) is 11.5 Å². The molecule has 2 amide bonds. The zero-order chi connectivity index (χ0) is 18.4. The maximum absolute atomic E-state index is 12.1. The zero-order valence-electron chi connectivity index (χ0n) is 14.2. The van der Waals surface area contributed by atoms with Crippen LogP contribution in [0, 0.1) is 6.92 Å². The van der Waals surface area contributed by atoms with Crippen molar-refractivity contribution in [2.45, 2.75) is 27.2 Å². The number of amides is 2. The number of hydrogen-bond donors (Lipinski definition) is 2. The highest BCUT2D eigenvalue weighted by Gasteiger charge is 2.21. The van der Waals surface area contributed by atoms with Gasteiger partial charge in [-0.1, -0.05) is 18.1 Å². The fourth-order valence-corrected chi connectivity index (χ4v) is 2.20. The van der Waals surface area contributed by atoms with Gasteiger partial charge in [-0.25, -0.2) is 4.79 Å². The molecule has 1 heterocycles. The fraction of sp³-hybridized carbons (Fsp3) is 0.294. The molecule has 1 aromatic heterocycles. The van der Waals surface area contributed by atoms with E-state index >= 15 is 0 Å². The number of nitrogens with zero attached hydrogens (tertiary/aromatic N) is 1. The molecule has 25 heavy (non-hydrogen) atoms. The standard InChI is InChI=1S/C17H19N3O5/c1-4-14-16(10(2)25-20-14)17(23)24-9-15(22)19-13-7-5-6-12(8-13)18-11(3)21/h5-8H,4,9H2,1-3H3,(H,18,21)(H,19,22). The maximum Gasteiger partial charge on any atom is 0.344 e. The minimum absolute atomic E-state index is 0.215. The molecule has 0 saturated heterocycles. The third-order valence-corrected chi connectivity index (χ3v) is 3.27. The number of esters is 1. The number of benzene rings is 1. The van der Waals surface area contributed by atoms with Crippen molar-refractivity contribution < 1.29 is 23.6 Å². The van der Waals surface area contributed by atoms with Crippen LogP contribution in [0.4, 0.5) is 11.4 Å². The van der Waals surface area contributed by atoms with E-state index in [1.165, 1.54) is 6.92 Å². The number of rotatable bonds is 6. The molecule has 1 aromatic carbocycles. The lowest BCUT2D eigenvalue weighted by atomic mass is 10.1. The Kier molecular flexibility index (Phi) is 5.89. The topological polar surface area (TPSA) is 111 Å². The lowest BCUT2D eigenvalue weighted by molar-refractivity contribution is -0.119. The molecule has 0 aliphatic carbocycles. The number of aromatic nitrogens is 1. The van der Waals surface area contributed by atoms with Crippen molar-refractivity contribution in [3.05, 3.63) is 41.3 Å². The molecule has 8 nitrogen and oxygen atoms in total. The summed E-state index contributed by atoms with van der Waals surface area (Å²) >= 11 is 0. The van der Waals surface area contributed by atoms with Crippen LogP contribution in [0.2, 0.25) is 0 Å². The van der Waals surface area contributed by atoms with E-state index < -0.39 is 18.5 Å². The third-order valence-electron chi connectivity index (χ3n) is 3.27. The molecule has 132 valence electrons. The Bertz CT molecular complexity index is 797. The second-order valence-electron chi connectivity index (χ2n) is 5.30. The number of nitrogens with one attached hydrogen (secondary N) is 2. The highest BCUT2D eigenvalue weighted by atomic mass is 16.5. The van der Waals surface area contributed by atoms with Gasteiger partial charge in [-0.3, -0.25) is 9.59 Å². The number of anilines is 2. The van der Waals surface area contributed by atoms with E-state index in [4.69, 9.17) is 9.26 Å². The fourth-order valence-electron chi connectivity index (χ4n) is 2.20. The van der Waals surface area contributed by atoms with Gasteiger partial charge in [-0.15, -0.1) is 0 Å². The first-order valence-corrected chi connectivity index (χ1v) is 7.70. The maximum atomic E-state index is 12.1. The van der Waals surface area contributed by atoms with Gasteiger partial charge in [0.05, 0.1) is 5.69 Å². The molecule has 0 radical (unpaired) electrons. The molecule has 0 fully saturated rings. The number of aryl methyl sites for hydroxylation is 2. The van der Waals surface area contributed by atoms with E-state index in [0.717, 1.165) is 0 Å². The lowest BCUT2D eigenvalue weighted by Crippen LogP contribution is -2.21. The minimum atomic E-state index is -0.655. The van der Waals surface area contributed by atoms with Crippen LogP contribution in [0.3, 0.4) is 0 Å². The molecule has 2 aromatic rings. The highest BCUT2D eigenvalue weighted by molar-refractivity contribution is 5.97. The Labute approximate surface area is 144 Å². The van der Waals surface area contributed by atoms with Crippen molar-refractivity contribution >= 4 is 29.2 Å². The minimum Gasteiger partial charge on any atom is -0.452 e. The van der Waals surface area contributed by atoms with Crippen molar-refractivity contribution in [1.82, 2.24) is 5.16 Å². The molecule has 0 aliphatic rings. The Morgan fingerprint density at radius 3 is 2.52 bits per heavy atom. The van der Waals surface area contributed by atoms with Crippen LogP contribution in [-0.4, -0.2) is 29.5 Å². The molecular formula is C17H19N3O5. The third kappa shape index (κ3) is 4.90. The summed E-state index contributed by atoms with van der Waals surface area (Å²) in [6, 6.07) is 6.63. The monoisotopic (exact) mass is 345 g/mol. The summed E-state index contributed by atoms with van der Waals surface area (Å²) in [5.74, 6) is -1.02. The molecule has 0 spiro atoms. The summed E-state index contributed by atoms with van der Waals surface area (Å²) < 4.78 is 9.99. The molecule has 0 aliphatic heterocycles. The molecular weight excluding hydrogens is 326 g/mol. The average Bonchev–Trinajstić information content (AvgIpc) is 2.93.